The van der Waals surface area contributed by atoms with E-state index in [4.69, 9.17) is 16.3 Å². The molecule has 0 aliphatic rings. The van der Waals surface area contributed by atoms with Crippen LogP contribution >= 0.6 is 11.6 Å². The standard InChI is InChI=1S/C13H14ClN3O/c1-3-4-18-11-6-10(7-15-8-11)12-5-9(2)16-13(14)17-12/h5-8H,3-4H2,1-2H3. The van der Waals surface area contributed by atoms with E-state index >= 15 is 0 Å². The van der Waals surface area contributed by atoms with Crippen LogP contribution in [0.1, 0.15) is 19.0 Å². The van der Waals surface area contributed by atoms with Gasteiger partial charge in [0.15, 0.2) is 0 Å². The lowest BCUT2D eigenvalue weighted by atomic mass is 10.2. The maximum absolute atomic E-state index is 5.85. The van der Waals surface area contributed by atoms with E-state index < -0.39 is 0 Å². The van der Waals surface area contributed by atoms with Crippen molar-refractivity contribution in [2.75, 3.05) is 6.61 Å². The van der Waals surface area contributed by atoms with Crippen LogP contribution in [-0.4, -0.2) is 21.6 Å². The fourth-order valence-corrected chi connectivity index (χ4v) is 1.76. The van der Waals surface area contributed by atoms with Crippen LogP contribution in [0.15, 0.2) is 24.5 Å². The minimum absolute atomic E-state index is 0.241. The molecule has 0 aliphatic carbocycles. The minimum Gasteiger partial charge on any atom is -0.492 e. The van der Waals surface area contributed by atoms with Crippen LogP contribution in [0.4, 0.5) is 0 Å². The van der Waals surface area contributed by atoms with Crippen LogP contribution in [0.5, 0.6) is 5.75 Å². The maximum atomic E-state index is 5.85. The Morgan fingerprint density at radius 3 is 2.78 bits per heavy atom. The first-order chi connectivity index (χ1) is 8.69. The summed E-state index contributed by atoms with van der Waals surface area (Å²) in [4.78, 5) is 12.4. The molecule has 2 aromatic rings. The molecule has 0 radical (unpaired) electrons. The third kappa shape index (κ3) is 3.17. The molecule has 0 amide bonds. The molecule has 2 rings (SSSR count). The van der Waals surface area contributed by atoms with Gasteiger partial charge in [0.25, 0.3) is 0 Å². The highest BCUT2D eigenvalue weighted by molar-refractivity contribution is 6.28. The van der Waals surface area contributed by atoms with E-state index in [1.807, 2.05) is 19.1 Å². The molecular formula is C13H14ClN3O. The summed E-state index contributed by atoms with van der Waals surface area (Å²) >= 11 is 5.85. The van der Waals surface area contributed by atoms with Crippen molar-refractivity contribution in [3.63, 3.8) is 0 Å². The molecule has 0 saturated carbocycles. The Morgan fingerprint density at radius 2 is 2.06 bits per heavy atom. The molecule has 5 heteroatoms. The molecule has 94 valence electrons. The van der Waals surface area contributed by atoms with Gasteiger partial charge in [-0.3, -0.25) is 4.98 Å². The van der Waals surface area contributed by atoms with E-state index in [-0.39, 0.29) is 5.28 Å². The molecule has 18 heavy (non-hydrogen) atoms. The van der Waals surface area contributed by atoms with E-state index in [2.05, 4.69) is 21.9 Å². The van der Waals surface area contributed by atoms with Gasteiger partial charge in [-0.25, -0.2) is 9.97 Å². The molecular weight excluding hydrogens is 250 g/mol. The normalized spacial score (nSPS) is 10.4. The summed E-state index contributed by atoms with van der Waals surface area (Å²) < 4.78 is 5.54. The SMILES string of the molecule is CCCOc1cncc(-c2cc(C)nc(Cl)n2)c1. The largest absolute Gasteiger partial charge is 0.492 e. The number of aryl methyl sites for hydroxylation is 1. The van der Waals surface area contributed by atoms with Gasteiger partial charge in [0.1, 0.15) is 5.75 Å². The number of hydrogen-bond acceptors (Lipinski definition) is 4. The van der Waals surface area contributed by atoms with Crippen molar-refractivity contribution in [2.45, 2.75) is 20.3 Å². The quantitative estimate of drug-likeness (QED) is 0.794. The lowest BCUT2D eigenvalue weighted by molar-refractivity contribution is 0.316. The number of nitrogens with zero attached hydrogens (tertiary/aromatic N) is 3. The Bertz CT molecular complexity index is 525. The average Bonchev–Trinajstić information content (AvgIpc) is 2.35. The summed E-state index contributed by atoms with van der Waals surface area (Å²) in [6.07, 6.45) is 4.38. The fraction of sp³-hybridized carbons (Fsp3) is 0.308. The van der Waals surface area contributed by atoms with Crippen LogP contribution in [0.25, 0.3) is 11.3 Å². The molecule has 2 aromatic heterocycles. The Balaban J connectivity index is 2.32. The molecule has 0 bridgehead atoms. The van der Waals surface area contributed by atoms with Gasteiger partial charge in [0.2, 0.25) is 5.28 Å². The van der Waals surface area contributed by atoms with Gasteiger partial charge >= 0.3 is 0 Å². The van der Waals surface area contributed by atoms with Crippen molar-refractivity contribution in [2.24, 2.45) is 0 Å². The van der Waals surface area contributed by atoms with E-state index in [0.717, 1.165) is 29.1 Å². The highest BCUT2D eigenvalue weighted by atomic mass is 35.5. The van der Waals surface area contributed by atoms with E-state index in [9.17, 15) is 0 Å². The van der Waals surface area contributed by atoms with Crippen molar-refractivity contribution >= 4 is 11.6 Å². The van der Waals surface area contributed by atoms with Crippen LogP contribution < -0.4 is 4.74 Å². The van der Waals surface area contributed by atoms with Crippen LogP contribution in [0.2, 0.25) is 5.28 Å². The molecule has 2 heterocycles. The van der Waals surface area contributed by atoms with Gasteiger partial charge < -0.3 is 4.74 Å². The van der Waals surface area contributed by atoms with Crippen molar-refractivity contribution in [3.8, 4) is 17.0 Å². The number of halogens is 1. The lowest BCUT2D eigenvalue weighted by Crippen LogP contribution is -1.96. The minimum atomic E-state index is 0.241. The van der Waals surface area contributed by atoms with Gasteiger partial charge in [-0.2, -0.15) is 0 Å². The predicted molar refractivity (Wildman–Crippen MR) is 70.8 cm³/mol. The summed E-state index contributed by atoms with van der Waals surface area (Å²) in [5.74, 6) is 0.738. The number of hydrogen-bond donors (Lipinski definition) is 0. The third-order valence-electron chi connectivity index (χ3n) is 2.31. The molecule has 0 atom stereocenters. The molecule has 0 spiro atoms. The van der Waals surface area contributed by atoms with Crippen molar-refractivity contribution in [3.05, 3.63) is 35.5 Å². The number of aromatic nitrogens is 3. The lowest BCUT2D eigenvalue weighted by Gasteiger charge is -2.06. The number of pyridine rings is 1. The Hall–Kier alpha value is -1.68. The second kappa shape index (κ2) is 5.78. The summed E-state index contributed by atoms with van der Waals surface area (Å²) in [6, 6.07) is 3.77. The first-order valence-electron chi connectivity index (χ1n) is 5.78. The third-order valence-corrected chi connectivity index (χ3v) is 2.48. The van der Waals surface area contributed by atoms with Gasteiger partial charge in [-0.05, 0) is 37.1 Å². The first kappa shape index (κ1) is 12.8. The van der Waals surface area contributed by atoms with Gasteiger partial charge in [0.05, 0.1) is 18.5 Å². The summed E-state index contributed by atoms with van der Waals surface area (Å²) in [5, 5.41) is 0.241. The molecule has 0 aromatic carbocycles. The van der Waals surface area contributed by atoms with E-state index in [1.165, 1.54) is 0 Å². The molecule has 0 N–H and O–H groups in total. The number of rotatable bonds is 4. The second-order valence-corrected chi connectivity index (χ2v) is 4.26. The second-order valence-electron chi connectivity index (χ2n) is 3.92. The number of ether oxygens (including phenoxy) is 1. The maximum Gasteiger partial charge on any atom is 0.223 e. The molecule has 0 saturated heterocycles. The highest BCUT2D eigenvalue weighted by Crippen LogP contribution is 2.22. The van der Waals surface area contributed by atoms with Gasteiger partial charge in [0, 0.05) is 17.5 Å². The Labute approximate surface area is 111 Å². The summed E-state index contributed by atoms with van der Waals surface area (Å²) in [5.41, 5.74) is 2.45. The zero-order valence-electron chi connectivity index (χ0n) is 10.4. The molecule has 0 fully saturated rings. The van der Waals surface area contributed by atoms with Crippen molar-refractivity contribution < 1.29 is 4.74 Å². The zero-order valence-corrected chi connectivity index (χ0v) is 11.1. The molecule has 0 aliphatic heterocycles. The predicted octanol–water partition coefficient (Wildman–Crippen LogP) is 3.29. The molecule has 4 nitrogen and oxygen atoms in total. The van der Waals surface area contributed by atoms with Crippen LogP contribution in [0.3, 0.4) is 0 Å². The monoisotopic (exact) mass is 263 g/mol. The zero-order chi connectivity index (χ0) is 13.0. The smallest absolute Gasteiger partial charge is 0.223 e. The topological polar surface area (TPSA) is 47.9 Å². The fourth-order valence-electron chi connectivity index (χ4n) is 1.54. The Kier molecular flexibility index (Phi) is 4.10. The van der Waals surface area contributed by atoms with Crippen LogP contribution in [-0.2, 0) is 0 Å². The first-order valence-corrected chi connectivity index (χ1v) is 6.16. The average molecular weight is 264 g/mol. The van der Waals surface area contributed by atoms with Crippen molar-refractivity contribution in [1.29, 1.82) is 0 Å². The van der Waals surface area contributed by atoms with Gasteiger partial charge in [-0.1, -0.05) is 6.92 Å². The van der Waals surface area contributed by atoms with Crippen LogP contribution in [0, 0.1) is 6.92 Å². The summed E-state index contributed by atoms with van der Waals surface area (Å²) in [6.45, 7) is 4.61. The summed E-state index contributed by atoms with van der Waals surface area (Å²) in [7, 11) is 0. The van der Waals surface area contributed by atoms with E-state index in [0.29, 0.717) is 6.61 Å². The van der Waals surface area contributed by atoms with Gasteiger partial charge in [-0.15, -0.1) is 0 Å². The highest BCUT2D eigenvalue weighted by Gasteiger charge is 2.05. The Morgan fingerprint density at radius 1 is 1.22 bits per heavy atom. The van der Waals surface area contributed by atoms with E-state index in [1.54, 1.807) is 12.4 Å². The molecule has 0 unspecified atom stereocenters. The van der Waals surface area contributed by atoms with Crippen molar-refractivity contribution in [1.82, 2.24) is 15.0 Å².